The van der Waals surface area contributed by atoms with Gasteiger partial charge in [-0.25, -0.2) is 4.79 Å². The Hall–Kier alpha value is -3.09. The Morgan fingerprint density at radius 2 is 1.83 bits per heavy atom. The lowest BCUT2D eigenvalue weighted by atomic mass is 9.96. The third kappa shape index (κ3) is 3.52. The molecule has 1 aliphatic heterocycles. The number of rotatable bonds is 4. The maximum absolute atomic E-state index is 13.0. The predicted octanol–water partition coefficient (Wildman–Crippen LogP) is 3.61. The number of nitrogens with one attached hydrogen (secondary N) is 1. The molecule has 29 heavy (non-hydrogen) atoms. The number of para-hydroxylation sites is 2. The lowest BCUT2D eigenvalue weighted by Gasteiger charge is -2.41. The first kappa shape index (κ1) is 20.6. The van der Waals surface area contributed by atoms with Crippen molar-refractivity contribution in [3.63, 3.8) is 0 Å². The molecule has 0 radical (unpaired) electrons. The fourth-order valence-electron chi connectivity index (χ4n) is 3.95. The number of aryl methyl sites for hydroxylation is 1. The van der Waals surface area contributed by atoms with E-state index >= 15 is 0 Å². The first-order chi connectivity index (χ1) is 13.6. The molecular formula is C22H27N3O4. The summed E-state index contributed by atoms with van der Waals surface area (Å²) in [6, 6.07) is 9.05. The van der Waals surface area contributed by atoms with Gasteiger partial charge in [0.2, 0.25) is 5.91 Å². The van der Waals surface area contributed by atoms with E-state index in [1.165, 1.54) is 4.90 Å². The van der Waals surface area contributed by atoms with Crippen molar-refractivity contribution in [1.29, 1.82) is 0 Å². The van der Waals surface area contributed by atoms with Crippen LogP contribution in [0.1, 0.15) is 55.5 Å². The van der Waals surface area contributed by atoms with Crippen LogP contribution in [-0.4, -0.2) is 34.5 Å². The summed E-state index contributed by atoms with van der Waals surface area (Å²) in [5.41, 5.74) is 2.23. The number of hydrogen-bond acceptors (Lipinski definition) is 4. The summed E-state index contributed by atoms with van der Waals surface area (Å²) in [6.45, 7) is 10.7. The van der Waals surface area contributed by atoms with Crippen molar-refractivity contribution < 1.29 is 19.1 Å². The van der Waals surface area contributed by atoms with Gasteiger partial charge in [0.25, 0.3) is 5.91 Å². The van der Waals surface area contributed by atoms with E-state index in [4.69, 9.17) is 4.74 Å². The molecule has 0 aliphatic carbocycles. The van der Waals surface area contributed by atoms with Crippen LogP contribution in [-0.2, 0) is 14.3 Å². The number of fused-ring (bicyclic) bond motifs is 1. The van der Waals surface area contributed by atoms with Gasteiger partial charge in [0, 0.05) is 17.4 Å². The van der Waals surface area contributed by atoms with Crippen molar-refractivity contribution in [3.8, 4) is 0 Å². The van der Waals surface area contributed by atoms with Crippen LogP contribution in [0.4, 0.5) is 11.4 Å². The molecule has 7 nitrogen and oxygen atoms in total. The standard InChI is InChI=1S/C22H27N3O4/c1-13(2)24-14(3)11-16(15(24)4)20(27)29-12-19(26)25-18-10-8-7-9-17(18)23-21(28)22(25,5)6/h7-11,13H,12H2,1-6H3,(H,23,28). The molecule has 0 unspecified atom stereocenters. The number of benzene rings is 1. The minimum absolute atomic E-state index is 0.211. The zero-order valence-electron chi connectivity index (χ0n) is 17.7. The Morgan fingerprint density at radius 3 is 2.45 bits per heavy atom. The van der Waals surface area contributed by atoms with Crippen molar-refractivity contribution in [2.45, 2.75) is 53.1 Å². The molecule has 2 amide bonds. The van der Waals surface area contributed by atoms with E-state index in [1.54, 1.807) is 44.2 Å². The van der Waals surface area contributed by atoms with E-state index < -0.39 is 24.0 Å². The van der Waals surface area contributed by atoms with Crippen molar-refractivity contribution in [1.82, 2.24) is 4.57 Å². The van der Waals surface area contributed by atoms with E-state index in [-0.39, 0.29) is 11.9 Å². The highest BCUT2D eigenvalue weighted by Crippen LogP contribution is 2.36. The normalized spacial score (nSPS) is 15.1. The SMILES string of the molecule is Cc1cc(C(=O)OCC(=O)N2c3ccccc3NC(=O)C2(C)C)c(C)n1C(C)C. The Morgan fingerprint density at radius 1 is 1.17 bits per heavy atom. The summed E-state index contributed by atoms with van der Waals surface area (Å²) in [5, 5.41) is 2.81. The average Bonchev–Trinajstić information content (AvgIpc) is 2.94. The molecule has 0 saturated carbocycles. The fourth-order valence-corrected chi connectivity index (χ4v) is 3.95. The van der Waals surface area contributed by atoms with Gasteiger partial charge in [-0.1, -0.05) is 12.1 Å². The van der Waals surface area contributed by atoms with Gasteiger partial charge in [-0.05, 0) is 59.7 Å². The second kappa shape index (κ2) is 7.39. The number of amides is 2. The molecule has 3 rings (SSSR count). The molecule has 2 heterocycles. The van der Waals surface area contributed by atoms with Gasteiger partial charge in [0.05, 0.1) is 16.9 Å². The smallest absolute Gasteiger partial charge is 0.340 e. The number of carbonyl (C=O) groups is 3. The van der Waals surface area contributed by atoms with Crippen LogP contribution in [0.5, 0.6) is 0 Å². The largest absolute Gasteiger partial charge is 0.452 e. The van der Waals surface area contributed by atoms with Crippen molar-refractivity contribution in [2.75, 3.05) is 16.8 Å². The Kier molecular flexibility index (Phi) is 5.26. The van der Waals surface area contributed by atoms with Gasteiger partial charge < -0.3 is 14.6 Å². The van der Waals surface area contributed by atoms with E-state index in [9.17, 15) is 14.4 Å². The van der Waals surface area contributed by atoms with Crippen molar-refractivity contribution in [3.05, 3.63) is 47.3 Å². The van der Waals surface area contributed by atoms with Crippen LogP contribution < -0.4 is 10.2 Å². The zero-order chi connectivity index (χ0) is 21.5. The molecule has 2 aromatic rings. The third-order valence-electron chi connectivity index (χ3n) is 5.30. The summed E-state index contributed by atoms with van der Waals surface area (Å²) in [7, 11) is 0. The summed E-state index contributed by atoms with van der Waals surface area (Å²) < 4.78 is 7.39. The number of esters is 1. The van der Waals surface area contributed by atoms with Gasteiger partial charge in [-0.2, -0.15) is 0 Å². The number of nitrogens with zero attached hydrogens (tertiary/aromatic N) is 2. The average molecular weight is 397 g/mol. The minimum Gasteiger partial charge on any atom is -0.452 e. The van der Waals surface area contributed by atoms with Crippen molar-refractivity contribution >= 4 is 29.2 Å². The van der Waals surface area contributed by atoms with Crippen LogP contribution in [0, 0.1) is 13.8 Å². The molecule has 0 fully saturated rings. The van der Waals surface area contributed by atoms with Gasteiger partial charge in [-0.3, -0.25) is 14.5 Å². The Bertz CT molecular complexity index is 988. The molecule has 1 N–H and O–H groups in total. The van der Waals surface area contributed by atoms with E-state index in [0.29, 0.717) is 16.9 Å². The highest BCUT2D eigenvalue weighted by Gasteiger charge is 2.43. The van der Waals surface area contributed by atoms with Gasteiger partial charge in [-0.15, -0.1) is 0 Å². The number of carbonyl (C=O) groups excluding carboxylic acids is 3. The second-order valence-electron chi connectivity index (χ2n) is 8.08. The molecule has 0 spiro atoms. The molecule has 1 aromatic heterocycles. The molecule has 7 heteroatoms. The van der Waals surface area contributed by atoms with Crippen LogP contribution >= 0.6 is 0 Å². The van der Waals surface area contributed by atoms with Crippen LogP contribution in [0.2, 0.25) is 0 Å². The van der Waals surface area contributed by atoms with Crippen LogP contribution in [0.3, 0.4) is 0 Å². The van der Waals surface area contributed by atoms with E-state index in [1.807, 2.05) is 32.3 Å². The summed E-state index contributed by atoms with van der Waals surface area (Å²) >= 11 is 0. The summed E-state index contributed by atoms with van der Waals surface area (Å²) in [6.07, 6.45) is 0. The molecule has 0 bridgehead atoms. The number of hydrogen-bond donors (Lipinski definition) is 1. The van der Waals surface area contributed by atoms with E-state index in [0.717, 1.165) is 11.4 Å². The Balaban J connectivity index is 1.81. The third-order valence-corrected chi connectivity index (χ3v) is 5.30. The number of anilines is 2. The topological polar surface area (TPSA) is 80.6 Å². The maximum atomic E-state index is 13.0. The quantitative estimate of drug-likeness (QED) is 0.799. The molecule has 1 aliphatic rings. The van der Waals surface area contributed by atoms with Crippen molar-refractivity contribution in [2.24, 2.45) is 0 Å². The number of ether oxygens (including phenoxy) is 1. The van der Waals surface area contributed by atoms with Gasteiger partial charge in [0.1, 0.15) is 5.54 Å². The van der Waals surface area contributed by atoms with Crippen LogP contribution in [0.15, 0.2) is 30.3 Å². The number of aromatic nitrogens is 1. The van der Waals surface area contributed by atoms with E-state index in [2.05, 4.69) is 5.32 Å². The monoisotopic (exact) mass is 397 g/mol. The first-order valence-electron chi connectivity index (χ1n) is 9.64. The van der Waals surface area contributed by atoms with Gasteiger partial charge >= 0.3 is 5.97 Å². The summed E-state index contributed by atoms with van der Waals surface area (Å²) in [4.78, 5) is 39.5. The second-order valence-corrected chi connectivity index (χ2v) is 8.08. The molecular weight excluding hydrogens is 370 g/mol. The summed E-state index contributed by atoms with van der Waals surface area (Å²) in [5.74, 6) is -1.30. The Labute approximate surface area is 170 Å². The predicted molar refractivity (Wildman–Crippen MR) is 111 cm³/mol. The fraction of sp³-hybridized carbons (Fsp3) is 0.409. The first-order valence-corrected chi connectivity index (χ1v) is 9.64. The zero-order valence-corrected chi connectivity index (χ0v) is 17.7. The minimum atomic E-state index is -1.11. The molecule has 0 atom stereocenters. The highest BCUT2D eigenvalue weighted by molar-refractivity contribution is 6.14. The lowest BCUT2D eigenvalue weighted by molar-refractivity contribution is -0.128. The maximum Gasteiger partial charge on any atom is 0.340 e. The van der Waals surface area contributed by atoms with Gasteiger partial charge in [0.15, 0.2) is 6.61 Å². The lowest BCUT2D eigenvalue weighted by Crippen LogP contribution is -2.59. The van der Waals surface area contributed by atoms with Crippen LogP contribution in [0.25, 0.3) is 0 Å². The molecule has 0 saturated heterocycles. The molecule has 1 aromatic carbocycles. The molecule has 154 valence electrons. The highest BCUT2D eigenvalue weighted by atomic mass is 16.5.